The van der Waals surface area contributed by atoms with Gasteiger partial charge in [0.1, 0.15) is 0 Å². The van der Waals surface area contributed by atoms with Gasteiger partial charge in [-0.1, -0.05) is 50.5 Å². The van der Waals surface area contributed by atoms with Crippen LogP contribution in [0.25, 0.3) is 0 Å². The highest BCUT2D eigenvalue weighted by Crippen LogP contribution is 2.30. The average molecular weight is 234 g/mol. The number of unbranched alkanes of at least 4 members (excludes halogenated alkanes) is 4. The summed E-state index contributed by atoms with van der Waals surface area (Å²) in [5.74, 6) is 1.75. The molecule has 0 amide bonds. The quantitative estimate of drug-likeness (QED) is 0.380. The third-order valence-corrected chi connectivity index (χ3v) is 3.91. The maximum absolute atomic E-state index is 2.50. The minimum atomic E-state index is 0.870. The molecule has 0 heterocycles. The molecule has 1 fully saturated rings. The van der Waals surface area contributed by atoms with Crippen LogP contribution in [0.4, 0.5) is 0 Å². The van der Waals surface area contributed by atoms with E-state index in [0.29, 0.717) is 0 Å². The molecule has 0 aromatic rings. The molecule has 1 aliphatic carbocycles. The Bertz CT molecular complexity index is 216. The van der Waals surface area contributed by atoms with Gasteiger partial charge in [-0.25, -0.2) is 0 Å². The summed E-state index contributed by atoms with van der Waals surface area (Å²) in [6.45, 7) is 4.42. The molecule has 0 aromatic heterocycles. The second-order valence-electron chi connectivity index (χ2n) is 5.48. The van der Waals surface area contributed by atoms with Crippen LogP contribution in [0, 0.1) is 11.8 Å². The first-order chi connectivity index (χ1) is 8.36. The van der Waals surface area contributed by atoms with E-state index in [4.69, 9.17) is 0 Å². The normalized spacial score (nSPS) is 26.0. The number of rotatable bonds is 7. The maximum Gasteiger partial charge on any atom is -0.0233 e. The van der Waals surface area contributed by atoms with Gasteiger partial charge in [-0.2, -0.15) is 0 Å². The molecule has 0 N–H and O–H groups in total. The highest BCUT2D eigenvalue weighted by molar-refractivity contribution is 4.95. The number of allylic oxidation sites excluding steroid dienone is 4. The van der Waals surface area contributed by atoms with E-state index < -0.39 is 0 Å². The van der Waals surface area contributed by atoms with Crippen molar-refractivity contribution in [3.8, 4) is 0 Å². The lowest BCUT2D eigenvalue weighted by Crippen LogP contribution is -2.11. The Kier molecular flexibility index (Phi) is 8.13. The molecular formula is C17H30. The van der Waals surface area contributed by atoms with E-state index in [1.807, 2.05) is 0 Å². The zero-order valence-electron chi connectivity index (χ0n) is 11.8. The lowest BCUT2D eigenvalue weighted by molar-refractivity contribution is 0.356. The fourth-order valence-corrected chi connectivity index (χ4v) is 2.78. The molecule has 0 spiro atoms. The van der Waals surface area contributed by atoms with Gasteiger partial charge >= 0.3 is 0 Å². The molecule has 17 heavy (non-hydrogen) atoms. The minimum Gasteiger partial charge on any atom is -0.0914 e. The highest BCUT2D eigenvalue weighted by Gasteiger charge is 2.16. The van der Waals surface area contributed by atoms with Crippen molar-refractivity contribution in [1.29, 1.82) is 0 Å². The molecule has 98 valence electrons. The standard InChI is InChI=1S/C17H30/c1-3-5-6-7-8-9-11-17-14-12-16(10-4-2)13-15-17/h4,9-11,16-17H,3,5-8,12-15H2,1-2H3/b10-4+,11-9+. The van der Waals surface area contributed by atoms with Gasteiger partial charge in [0, 0.05) is 0 Å². The van der Waals surface area contributed by atoms with Crippen molar-refractivity contribution in [3.05, 3.63) is 24.3 Å². The van der Waals surface area contributed by atoms with E-state index in [-0.39, 0.29) is 0 Å². The zero-order valence-corrected chi connectivity index (χ0v) is 11.8. The maximum atomic E-state index is 2.50. The van der Waals surface area contributed by atoms with Gasteiger partial charge in [-0.3, -0.25) is 0 Å². The molecule has 0 unspecified atom stereocenters. The average Bonchev–Trinajstić information content (AvgIpc) is 2.36. The first-order valence-corrected chi connectivity index (χ1v) is 7.66. The van der Waals surface area contributed by atoms with Crippen LogP contribution in [0.3, 0.4) is 0 Å². The summed E-state index contributed by atoms with van der Waals surface area (Å²) in [5, 5.41) is 0. The first kappa shape index (κ1) is 14.5. The number of hydrogen-bond acceptors (Lipinski definition) is 0. The Labute approximate surface area is 108 Å². The minimum absolute atomic E-state index is 0.870. The van der Waals surface area contributed by atoms with Crippen molar-refractivity contribution in [1.82, 2.24) is 0 Å². The van der Waals surface area contributed by atoms with E-state index >= 15 is 0 Å². The topological polar surface area (TPSA) is 0 Å². The first-order valence-electron chi connectivity index (χ1n) is 7.66. The molecule has 0 radical (unpaired) electrons. The number of hydrogen-bond donors (Lipinski definition) is 0. The van der Waals surface area contributed by atoms with E-state index in [1.54, 1.807) is 0 Å². The predicted octanol–water partition coefficient (Wildman–Crippen LogP) is 5.90. The summed E-state index contributed by atoms with van der Waals surface area (Å²) in [6.07, 6.45) is 22.0. The summed E-state index contributed by atoms with van der Waals surface area (Å²) in [6, 6.07) is 0. The highest BCUT2D eigenvalue weighted by atomic mass is 14.2. The largest absolute Gasteiger partial charge is 0.0914 e. The summed E-state index contributed by atoms with van der Waals surface area (Å²) < 4.78 is 0. The van der Waals surface area contributed by atoms with Crippen LogP contribution in [0.2, 0.25) is 0 Å². The Morgan fingerprint density at radius 3 is 2.12 bits per heavy atom. The molecule has 1 rings (SSSR count). The van der Waals surface area contributed by atoms with Crippen molar-refractivity contribution in [3.63, 3.8) is 0 Å². The summed E-state index contributed by atoms with van der Waals surface area (Å²) in [5.41, 5.74) is 0. The van der Waals surface area contributed by atoms with Crippen LogP contribution in [-0.4, -0.2) is 0 Å². The Balaban J connectivity index is 2.06. The van der Waals surface area contributed by atoms with Gasteiger partial charge in [-0.05, 0) is 57.3 Å². The molecule has 0 heteroatoms. The van der Waals surface area contributed by atoms with Crippen LogP contribution in [0.1, 0.15) is 71.6 Å². The van der Waals surface area contributed by atoms with Crippen molar-refractivity contribution in [2.24, 2.45) is 11.8 Å². The van der Waals surface area contributed by atoms with Crippen molar-refractivity contribution in [2.45, 2.75) is 71.6 Å². The van der Waals surface area contributed by atoms with E-state index in [2.05, 4.69) is 38.2 Å². The van der Waals surface area contributed by atoms with Gasteiger partial charge < -0.3 is 0 Å². The molecule has 1 saturated carbocycles. The van der Waals surface area contributed by atoms with E-state index in [0.717, 1.165) is 11.8 Å². The zero-order chi connectivity index (χ0) is 12.3. The monoisotopic (exact) mass is 234 g/mol. The van der Waals surface area contributed by atoms with Gasteiger partial charge in [0.2, 0.25) is 0 Å². The van der Waals surface area contributed by atoms with E-state index in [9.17, 15) is 0 Å². The molecule has 0 aromatic carbocycles. The Morgan fingerprint density at radius 1 is 0.882 bits per heavy atom. The second-order valence-corrected chi connectivity index (χ2v) is 5.48. The Morgan fingerprint density at radius 2 is 1.53 bits per heavy atom. The Hall–Kier alpha value is -0.520. The SMILES string of the molecule is C/C=C/C1CCC(/C=C/CCCCCC)CC1. The fourth-order valence-electron chi connectivity index (χ4n) is 2.78. The molecule has 0 aliphatic heterocycles. The van der Waals surface area contributed by atoms with Gasteiger partial charge in [-0.15, -0.1) is 0 Å². The summed E-state index contributed by atoms with van der Waals surface area (Å²) in [7, 11) is 0. The molecule has 0 atom stereocenters. The molecular weight excluding hydrogens is 204 g/mol. The summed E-state index contributed by atoms with van der Waals surface area (Å²) >= 11 is 0. The molecule has 0 bridgehead atoms. The predicted molar refractivity (Wildman–Crippen MR) is 78.2 cm³/mol. The van der Waals surface area contributed by atoms with Crippen LogP contribution in [0.5, 0.6) is 0 Å². The van der Waals surface area contributed by atoms with Crippen molar-refractivity contribution < 1.29 is 0 Å². The van der Waals surface area contributed by atoms with Gasteiger partial charge in [0.05, 0.1) is 0 Å². The molecule has 0 nitrogen and oxygen atoms in total. The van der Waals surface area contributed by atoms with Crippen LogP contribution in [-0.2, 0) is 0 Å². The van der Waals surface area contributed by atoms with Crippen LogP contribution in [0.15, 0.2) is 24.3 Å². The fraction of sp³-hybridized carbons (Fsp3) is 0.765. The third kappa shape index (κ3) is 6.71. The third-order valence-electron chi connectivity index (χ3n) is 3.91. The van der Waals surface area contributed by atoms with Crippen LogP contribution < -0.4 is 0 Å². The van der Waals surface area contributed by atoms with Crippen LogP contribution >= 0.6 is 0 Å². The van der Waals surface area contributed by atoms with Gasteiger partial charge in [0.15, 0.2) is 0 Å². The molecule has 1 aliphatic rings. The summed E-state index contributed by atoms with van der Waals surface area (Å²) in [4.78, 5) is 0. The van der Waals surface area contributed by atoms with Crippen molar-refractivity contribution in [2.75, 3.05) is 0 Å². The van der Waals surface area contributed by atoms with Gasteiger partial charge in [0.25, 0.3) is 0 Å². The smallest absolute Gasteiger partial charge is 0.0233 e. The second kappa shape index (κ2) is 9.50. The lowest BCUT2D eigenvalue weighted by atomic mass is 9.81. The van der Waals surface area contributed by atoms with E-state index in [1.165, 1.54) is 57.8 Å². The molecule has 0 saturated heterocycles. The van der Waals surface area contributed by atoms with Crippen molar-refractivity contribution >= 4 is 0 Å². The lowest BCUT2D eigenvalue weighted by Gasteiger charge is -2.24.